The van der Waals surface area contributed by atoms with Gasteiger partial charge in [-0.15, -0.1) is 11.3 Å². The molecule has 1 amide bonds. The highest BCUT2D eigenvalue weighted by Gasteiger charge is 2.27. The molecule has 19 heavy (non-hydrogen) atoms. The summed E-state index contributed by atoms with van der Waals surface area (Å²) in [7, 11) is 1.50. The van der Waals surface area contributed by atoms with Gasteiger partial charge in [0.2, 0.25) is 0 Å². The highest BCUT2D eigenvalue weighted by Crippen LogP contribution is 2.25. The predicted octanol–water partition coefficient (Wildman–Crippen LogP) is 2.57. The van der Waals surface area contributed by atoms with Gasteiger partial charge in [0.1, 0.15) is 16.4 Å². The third-order valence-electron chi connectivity index (χ3n) is 2.73. The minimum absolute atomic E-state index is 0.221. The number of rotatable bonds is 4. The lowest BCUT2D eigenvalue weighted by Crippen LogP contribution is -2.38. The van der Waals surface area contributed by atoms with E-state index in [2.05, 4.69) is 15.3 Å². The second-order valence-corrected chi connectivity index (χ2v) is 5.30. The second-order valence-electron chi connectivity index (χ2n) is 4.44. The zero-order valence-electron chi connectivity index (χ0n) is 11.0. The number of hydrogen-bond donors (Lipinski definition) is 1. The monoisotopic (exact) mass is 277 g/mol. The number of carbonyl (C=O) groups excluding carboxylic acids is 1. The number of carbonyl (C=O) groups is 1. The van der Waals surface area contributed by atoms with Crippen LogP contribution in [0.5, 0.6) is 0 Å². The number of pyridine rings is 1. The van der Waals surface area contributed by atoms with E-state index in [1.54, 1.807) is 31.6 Å². The lowest BCUT2D eigenvalue weighted by Gasteiger charge is -2.20. The van der Waals surface area contributed by atoms with Gasteiger partial charge >= 0.3 is 0 Å². The van der Waals surface area contributed by atoms with Crippen molar-refractivity contribution >= 4 is 23.1 Å². The summed E-state index contributed by atoms with van der Waals surface area (Å²) in [5, 5.41) is 5.39. The van der Waals surface area contributed by atoms with Crippen LogP contribution in [0.25, 0.3) is 10.6 Å². The lowest BCUT2D eigenvalue weighted by atomic mass is 10.1. The molecule has 0 saturated heterocycles. The topological polar surface area (TPSA) is 64.1 Å². The number of hydrogen-bond acceptors (Lipinski definition) is 5. The van der Waals surface area contributed by atoms with E-state index >= 15 is 0 Å². The molecule has 0 spiro atoms. The normalized spacial score (nSPS) is 11.3. The van der Waals surface area contributed by atoms with E-state index < -0.39 is 5.60 Å². The molecular weight excluding hydrogens is 262 g/mol. The first-order chi connectivity index (χ1) is 9.03. The van der Waals surface area contributed by atoms with Crippen LogP contribution in [0.15, 0.2) is 29.9 Å². The molecule has 2 rings (SSSR count). The minimum atomic E-state index is -0.875. The number of amides is 1. The van der Waals surface area contributed by atoms with Gasteiger partial charge in [-0.25, -0.2) is 4.98 Å². The quantitative estimate of drug-likeness (QED) is 0.933. The van der Waals surface area contributed by atoms with Crippen molar-refractivity contribution in [2.75, 3.05) is 12.4 Å². The smallest absolute Gasteiger partial charge is 0.257 e. The molecular formula is C13H15N3O2S. The van der Waals surface area contributed by atoms with Gasteiger partial charge in [-0.2, -0.15) is 0 Å². The first-order valence-corrected chi connectivity index (χ1v) is 6.63. The maximum Gasteiger partial charge on any atom is 0.257 e. The molecule has 0 aliphatic carbocycles. The Hall–Kier alpha value is -1.79. The number of ether oxygens (including phenoxy) is 1. The van der Waals surface area contributed by atoms with Crippen LogP contribution >= 0.6 is 11.3 Å². The minimum Gasteiger partial charge on any atom is -0.369 e. The number of aromatic nitrogens is 2. The molecule has 0 unspecified atom stereocenters. The molecule has 0 saturated carbocycles. The molecule has 5 nitrogen and oxygen atoms in total. The van der Waals surface area contributed by atoms with Crippen molar-refractivity contribution in [1.82, 2.24) is 9.97 Å². The van der Waals surface area contributed by atoms with Gasteiger partial charge in [0.25, 0.3) is 5.91 Å². The molecule has 0 aliphatic heterocycles. The molecule has 6 heteroatoms. The summed E-state index contributed by atoms with van der Waals surface area (Å²) in [4.78, 5) is 20.3. The molecule has 2 heterocycles. The number of anilines is 1. The van der Waals surface area contributed by atoms with Gasteiger partial charge in [-0.1, -0.05) is 0 Å². The summed E-state index contributed by atoms with van der Waals surface area (Å²) in [6, 6.07) is 3.76. The van der Waals surface area contributed by atoms with Crippen LogP contribution in [0.2, 0.25) is 0 Å². The van der Waals surface area contributed by atoms with Crippen molar-refractivity contribution in [2.24, 2.45) is 0 Å². The van der Waals surface area contributed by atoms with Crippen molar-refractivity contribution in [2.45, 2.75) is 19.4 Å². The Labute approximate surface area is 115 Å². The van der Waals surface area contributed by atoms with Crippen LogP contribution in [-0.2, 0) is 9.53 Å². The zero-order valence-corrected chi connectivity index (χ0v) is 11.8. The fourth-order valence-electron chi connectivity index (χ4n) is 1.32. The maximum atomic E-state index is 11.9. The van der Waals surface area contributed by atoms with Crippen molar-refractivity contribution in [3.05, 3.63) is 29.9 Å². The molecule has 1 N–H and O–H groups in total. The van der Waals surface area contributed by atoms with Crippen LogP contribution in [0.3, 0.4) is 0 Å². The van der Waals surface area contributed by atoms with E-state index in [1.807, 2.05) is 12.1 Å². The summed E-state index contributed by atoms with van der Waals surface area (Å²) in [6.45, 7) is 3.41. The van der Waals surface area contributed by atoms with Gasteiger partial charge < -0.3 is 10.1 Å². The van der Waals surface area contributed by atoms with Crippen LogP contribution in [-0.4, -0.2) is 28.6 Å². The fourth-order valence-corrected chi connectivity index (χ4v) is 2.08. The Balaban J connectivity index is 2.13. The Morgan fingerprint density at radius 3 is 2.68 bits per heavy atom. The summed E-state index contributed by atoms with van der Waals surface area (Å²) < 4.78 is 5.12. The van der Waals surface area contributed by atoms with Gasteiger partial charge in [0.05, 0.1) is 0 Å². The number of methoxy groups -OCH3 is 1. The molecule has 0 atom stereocenters. The van der Waals surface area contributed by atoms with E-state index in [1.165, 1.54) is 18.4 Å². The second kappa shape index (κ2) is 5.46. The number of nitrogens with zero attached hydrogens (tertiary/aromatic N) is 2. The van der Waals surface area contributed by atoms with Gasteiger partial charge in [0, 0.05) is 30.4 Å². The molecule has 2 aromatic heterocycles. The Kier molecular flexibility index (Phi) is 3.92. The summed E-state index contributed by atoms with van der Waals surface area (Å²) >= 11 is 1.47. The molecule has 100 valence electrons. The Bertz CT molecular complexity index is 566. The van der Waals surface area contributed by atoms with E-state index in [0.29, 0.717) is 5.82 Å². The van der Waals surface area contributed by atoms with E-state index in [0.717, 1.165) is 10.6 Å². The molecule has 0 aliphatic rings. The molecule has 0 radical (unpaired) electrons. The lowest BCUT2D eigenvalue weighted by molar-refractivity contribution is -0.133. The zero-order chi connectivity index (χ0) is 13.9. The average molecular weight is 277 g/mol. The first kappa shape index (κ1) is 13.6. The highest BCUT2D eigenvalue weighted by atomic mass is 32.1. The Morgan fingerprint density at radius 2 is 2.05 bits per heavy atom. The van der Waals surface area contributed by atoms with Gasteiger partial charge in [-0.05, 0) is 26.0 Å². The first-order valence-electron chi connectivity index (χ1n) is 5.75. The average Bonchev–Trinajstić information content (AvgIpc) is 2.88. The Morgan fingerprint density at radius 1 is 1.37 bits per heavy atom. The predicted molar refractivity (Wildman–Crippen MR) is 75.1 cm³/mol. The molecule has 0 fully saturated rings. The van der Waals surface area contributed by atoms with Gasteiger partial charge in [0.15, 0.2) is 0 Å². The van der Waals surface area contributed by atoms with Crippen molar-refractivity contribution in [1.29, 1.82) is 0 Å². The standard InChI is InChI=1S/C13H15N3O2S/c1-13(2,18-3)12(17)16-10-8-19-11(15-10)9-4-6-14-7-5-9/h4-8H,1-3H3,(H,16,17). The van der Waals surface area contributed by atoms with Crippen LogP contribution < -0.4 is 5.32 Å². The van der Waals surface area contributed by atoms with Crippen LogP contribution in [0.1, 0.15) is 13.8 Å². The van der Waals surface area contributed by atoms with Crippen molar-refractivity contribution in [3.8, 4) is 10.6 Å². The largest absolute Gasteiger partial charge is 0.369 e. The van der Waals surface area contributed by atoms with E-state index in [9.17, 15) is 4.79 Å². The van der Waals surface area contributed by atoms with E-state index in [-0.39, 0.29) is 5.91 Å². The molecule has 0 aromatic carbocycles. The van der Waals surface area contributed by atoms with Crippen molar-refractivity contribution < 1.29 is 9.53 Å². The van der Waals surface area contributed by atoms with Crippen LogP contribution in [0.4, 0.5) is 5.82 Å². The number of nitrogens with one attached hydrogen (secondary N) is 1. The van der Waals surface area contributed by atoms with Crippen molar-refractivity contribution in [3.63, 3.8) is 0 Å². The summed E-state index contributed by atoms with van der Waals surface area (Å²) in [6.07, 6.45) is 3.42. The maximum absolute atomic E-state index is 11.9. The summed E-state index contributed by atoms with van der Waals surface area (Å²) in [5.74, 6) is 0.313. The SMILES string of the molecule is COC(C)(C)C(=O)Nc1csc(-c2ccncc2)n1. The summed E-state index contributed by atoms with van der Waals surface area (Å²) in [5.41, 5.74) is 0.104. The highest BCUT2D eigenvalue weighted by molar-refractivity contribution is 7.13. The molecule has 0 bridgehead atoms. The molecule has 2 aromatic rings. The van der Waals surface area contributed by atoms with E-state index in [4.69, 9.17) is 4.74 Å². The van der Waals surface area contributed by atoms with Gasteiger partial charge in [-0.3, -0.25) is 9.78 Å². The third-order valence-corrected chi connectivity index (χ3v) is 3.62. The fraction of sp³-hybridized carbons (Fsp3) is 0.308. The number of thiazole rings is 1. The van der Waals surface area contributed by atoms with Crippen LogP contribution in [0, 0.1) is 0 Å². The third kappa shape index (κ3) is 3.15.